The lowest BCUT2D eigenvalue weighted by molar-refractivity contribution is 0.511. The second-order valence-corrected chi connectivity index (χ2v) is 4.71. The van der Waals surface area contributed by atoms with E-state index in [9.17, 15) is 5.26 Å². The van der Waals surface area contributed by atoms with E-state index in [2.05, 4.69) is 28.0 Å². The number of benzene rings is 1. The molecule has 1 heterocycles. The van der Waals surface area contributed by atoms with Crippen molar-refractivity contribution in [2.75, 3.05) is 0 Å². The first-order chi connectivity index (χ1) is 9.70. The summed E-state index contributed by atoms with van der Waals surface area (Å²) < 4.78 is 1.61. The number of hydrogen-bond acceptors (Lipinski definition) is 3. The molecule has 1 atom stereocenters. The van der Waals surface area contributed by atoms with E-state index in [1.165, 1.54) is 6.33 Å². The first-order valence-electron chi connectivity index (χ1n) is 6.20. The van der Waals surface area contributed by atoms with Gasteiger partial charge in [0.15, 0.2) is 5.41 Å². The lowest BCUT2D eigenvalue weighted by Gasteiger charge is -2.21. The van der Waals surface area contributed by atoms with E-state index in [-0.39, 0.29) is 0 Å². The highest BCUT2D eigenvalue weighted by atomic mass is 35.5. The molecule has 0 bridgehead atoms. The Bertz CT molecular complexity index is 659. The Labute approximate surface area is 123 Å². The van der Waals surface area contributed by atoms with Crippen LogP contribution in [-0.4, -0.2) is 14.8 Å². The van der Waals surface area contributed by atoms with Gasteiger partial charge in [-0.25, -0.2) is 4.98 Å². The van der Waals surface area contributed by atoms with Crippen molar-refractivity contribution < 1.29 is 0 Å². The zero-order chi connectivity index (χ0) is 14.4. The molecule has 4 nitrogen and oxygen atoms in total. The summed E-state index contributed by atoms with van der Waals surface area (Å²) in [5, 5.41) is 14.4. The fraction of sp³-hybridized carbons (Fsp3) is 0.267. The third-order valence-corrected chi connectivity index (χ3v) is 3.12. The molecule has 0 aliphatic heterocycles. The highest BCUT2D eigenvalue weighted by molar-refractivity contribution is 6.30. The SMILES string of the molecule is CCC#CC(C#N)(Cn1cncn1)c1ccc(Cl)cc1. The zero-order valence-corrected chi connectivity index (χ0v) is 11.8. The van der Waals surface area contributed by atoms with E-state index in [1.807, 2.05) is 19.1 Å². The van der Waals surface area contributed by atoms with Gasteiger partial charge >= 0.3 is 0 Å². The third-order valence-electron chi connectivity index (χ3n) is 2.87. The molecule has 0 fully saturated rings. The van der Waals surface area contributed by atoms with Crippen LogP contribution in [0.2, 0.25) is 5.02 Å². The molecule has 0 spiro atoms. The lowest BCUT2D eigenvalue weighted by atomic mass is 9.82. The molecule has 20 heavy (non-hydrogen) atoms. The number of nitrogens with zero attached hydrogens (tertiary/aromatic N) is 4. The van der Waals surface area contributed by atoms with Gasteiger partial charge in [-0.1, -0.05) is 36.6 Å². The van der Waals surface area contributed by atoms with Crippen LogP contribution in [0.3, 0.4) is 0 Å². The number of hydrogen-bond donors (Lipinski definition) is 0. The van der Waals surface area contributed by atoms with Gasteiger partial charge in [-0.3, -0.25) is 4.68 Å². The Morgan fingerprint density at radius 3 is 2.65 bits per heavy atom. The first-order valence-corrected chi connectivity index (χ1v) is 6.58. The molecular weight excluding hydrogens is 272 g/mol. The Morgan fingerprint density at radius 2 is 2.10 bits per heavy atom. The number of nitriles is 1. The van der Waals surface area contributed by atoms with Crippen LogP contribution in [0.4, 0.5) is 0 Å². The van der Waals surface area contributed by atoms with Crippen LogP contribution in [0.25, 0.3) is 0 Å². The molecule has 0 aliphatic rings. The van der Waals surface area contributed by atoms with Crippen molar-refractivity contribution in [3.8, 4) is 17.9 Å². The minimum atomic E-state index is -0.950. The van der Waals surface area contributed by atoms with Crippen molar-refractivity contribution in [1.29, 1.82) is 5.26 Å². The zero-order valence-electron chi connectivity index (χ0n) is 11.0. The second kappa shape index (κ2) is 6.23. The normalized spacial score (nSPS) is 12.8. The number of halogens is 1. The van der Waals surface area contributed by atoms with Crippen LogP contribution in [0, 0.1) is 23.2 Å². The van der Waals surface area contributed by atoms with Crippen LogP contribution >= 0.6 is 11.6 Å². The summed E-state index contributed by atoms with van der Waals surface area (Å²) in [5.74, 6) is 6.06. The van der Waals surface area contributed by atoms with Crippen LogP contribution in [0.15, 0.2) is 36.9 Å². The topological polar surface area (TPSA) is 54.5 Å². The highest BCUT2D eigenvalue weighted by Crippen LogP contribution is 2.26. The van der Waals surface area contributed by atoms with E-state index in [0.717, 1.165) is 5.56 Å². The van der Waals surface area contributed by atoms with E-state index in [1.54, 1.807) is 23.1 Å². The molecule has 2 aromatic rings. The number of aromatic nitrogens is 3. The van der Waals surface area contributed by atoms with Gasteiger partial charge in [0.2, 0.25) is 0 Å². The smallest absolute Gasteiger partial charge is 0.162 e. The molecule has 1 aromatic carbocycles. The highest BCUT2D eigenvalue weighted by Gasteiger charge is 2.31. The van der Waals surface area contributed by atoms with Crippen LogP contribution in [0.5, 0.6) is 0 Å². The van der Waals surface area contributed by atoms with Gasteiger partial charge in [-0.2, -0.15) is 10.4 Å². The van der Waals surface area contributed by atoms with E-state index in [4.69, 9.17) is 11.6 Å². The summed E-state index contributed by atoms with van der Waals surface area (Å²) in [7, 11) is 0. The standard InChI is InChI=1S/C15H13ClN4/c1-2-3-8-15(9-17,10-20-12-18-11-19-20)13-4-6-14(16)7-5-13/h4-7,11-12H,2,10H2,1H3. The average molecular weight is 285 g/mol. The predicted molar refractivity (Wildman–Crippen MR) is 76.8 cm³/mol. The van der Waals surface area contributed by atoms with Crippen molar-refractivity contribution in [3.05, 3.63) is 47.5 Å². The summed E-state index contributed by atoms with van der Waals surface area (Å²) >= 11 is 5.91. The molecular formula is C15H13ClN4. The second-order valence-electron chi connectivity index (χ2n) is 4.27. The molecule has 2 rings (SSSR count). The van der Waals surface area contributed by atoms with Gasteiger partial charge in [0.05, 0.1) is 12.6 Å². The number of rotatable bonds is 3. The molecule has 100 valence electrons. The van der Waals surface area contributed by atoms with Crippen LogP contribution in [-0.2, 0) is 12.0 Å². The van der Waals surface area contributed by atoms with Crippen molar-refractivity contribution in [2.45, 2.75) is 25.3 Å². The van der Waals surface area contributed by atoms with E-state index in [0.29, 0.717) is 18.0 Å². The molecule has 0 aliphatic carbocycles. The van der Waals surface area contributed by atoms with E-state index >= 15 is 0 Å². The summed E-state index contributed by atoms with van der Waals surface area (Å²) in [6.07, 6.45) is 3.71. The maximum absolute atomic E-state index is 9.68. The Balaban J connectivity index is 2.47. The van der Waals surface area contributed by atoms with E-state index < -0.39 is 5.41 Å². The Morgan fingerprint density at radius 1 is 1.35 bits per heavy atom. The fourth-order valence-corrected chi connectivity index (χ4v) is 1.99. The molecule has 0 saturated heterocycles. The molecule has 0 radical (unpaired) electrons. The van der Waals surface area contributed by atoms with Gasteiger partial charge in [-0.15, -0.1) is 5.92 Å². The predicted octanol–water partition coefficient (Wildman–Crippen LogP) is 2.81. The van der Waals surface area contributed by atoms with Gasteiger partial charge in [-0.05, 0) is 17.7 Å². The van der Waals surface area contributed by atoms with Gasteiger partial charge < -0.3 is 0 Å². The van der Waals surface area contributed by atoms with Gasteiger partial charge in [0.1, 0.15) is 12.7 Å². The first kappa shape index (κ1) is 14.1. The maximum Gasteiger partial charge on any atom is 0.162 e. The molecule has 1 aromatic heterocycles. The average Bonchev–Trinajstić information content (AvgIpc) is 2.97. The van der Waals surface area contributed by atoms with Crippen molar-refractivity contribution in [2.24, 2.45) is 0 Å². The minimum absolute atomic E-state index is 0.331. The lowest BCUT2D eigenvalue weighted by Crippen LogP contribution is -2.29. The summed E-state index contributed by atoms with van der Waals surface area (Å²) in [6, 6.07) is 9.50. The van der Waals surface area contributed by atoms with Crippen molar-refractivity contribution in [3.63, 3.8) is 0 Å². The molecule has 0 N–H and O–H groups in total. The molecule has 1 unspecified atom stereocenters. The quantitative estimate of drug-likeness (QED) is 0.815. The molecule has 0 saturated carbocycles. The summed E-state index contributed by atoms with van der Waals surface area (Å²) in [4.78, 5) is 3.90. The monoisotopic (exact) mass is 284 g/mol. The Kier molecular flexibility index (Phi) is 4.40. The van der Waals surface area contributed by atoms with Crippen molar-refractivity contribution >= 4 is 11.6 Å². The minimum Gasteiger partial charge on any atom is -0.250 e. The van der Waals surface area contributed by atoms with Gasteiger partial charge in [0, 0.05) is 11.4 Å². The molecule has 5 heteroatoms. The Hall–Kier alpha value is -2.30. The maximum atomic E-state index is 9.68. The van der Waals surface area contributed by atoms with Crippen molar-refractivity contribution in [1.82, 2.24) is 14.8 Å². The summed E-state index contributed by atoms with van der Waals surface area (Å²) in [6.45, 7) is 2.28. The van der Waals surface area contributed by atoms with Gasteiger partial charge in [0.25, 0.3) is 0 Å². The largest absolute Gasteiger partial charge is 0.250 e. The third kappa shape index (κ3) is 2.99. The van der Waals surface area contributed by atoms with Crippen LogP contribution in [0.1, 0.15) is 18.9 Å². The molecule has 0 amide bonds. The summed E-state index contributed by atoms with van der Waals surface area (Å²) in [5.41, 5.74) is -0.144. The fourth-order valence-electron chi connectivity index (χ4n) is 1.86. The van der Waals surface area contributed by atoms with Crippen LogP contribution < -0.4 is 0 Å².